The first-order chi connectivity index (χ1) is 11.3. The number of hydrogen-bond donors (Lipinski definition) is 2. The van der Waals surface area contributed by atoms with Gasteiger partial charge in [0.25, 0.3) is 0 Å². The molecule has 23 heavy (non-hydrogen) atoms. The van der Waals surface area contributed by atoms with Crippen LogP contribution in [0.3, 0.4) is 0 Å². The Morgan fingerprint density at radius 2 is 1.57 bits per heavy atom. The van der Waals surface area contributed by atoms with E-state index in [9.17, 15) is 10.2 Å². The van der Waals surface area contributed by atoms with E-state index in [4.69, 9.17) is 0 Å². The molecule has 0 spiro atoms. The molecule has 3 aromatic carbocycles. The minimum atomic E-state index is -0.668. The van der Waals surface area contributed by atoms with Crippen LogP contribution in [0.25, 0.3) is 11.1 Å². The van der Waals surface area contributed by atoms with Crippen molar-refractivity contribution in [3.05, 3.63) is 83.4 Å². The molecule has 2 N–H and O–H groups in total. The van der Waals surface area contributed by atoms with Gasteiger partial charge in [0.15, 0.2) is 0 Å². The van der Waals surface area contributed by atoms with E-state index in [2.05, 4.69) is 4.99 Å². The van der Waals surface area contributed by atoms with Gasteiger partial charge in [-0.2, -0.15) is 0 Å². The summed E-state index contributed by atoms with van der Waals surface area (Å²) in [6.45, 7) is 0. The van der Waals surface area contributed by atoms with Gasteiger partial charge in [0.2, 0.25) is 0 Å². The van der Waals surface area contributed by atoms with E-state index < -0.39 is 6.10 Å². The number of rotatable bonds is 2. The van der Waals surface area contributed by atoms with Gasteiger partial charge in [-0.15, -0.1) is 0 Å². The van der Waals surface area contributed by atoms with E-state index in [0.29, 0.717) is 5.56 Å². The van der Waals surface area contributed by atoms with E-state index in [1.807, 2.05) is 48.5 Å². The van der Waals surface area contributed by atoms with Crippen LogP contribution < -0.4 is 0 Å². The molecule has 0 saturated heterocycles. The van der Waals surface area contributed by atoms with Crippen molar-refractivity contribution in [2.24, 2.45) is 4.99 Å². The summed E-state index contributed by atoms with van der Waals surface area (Å²) in [5, 5.41) is 20.5. The third-order valence-electron chi connectivity index (χ3n) is 4.18. The lowest BCUT2D eigenvalue weighted by atomic mass is 10.0. The predicted molar refractivity (Wildman–Crippen MR) is 91.3 cm³/mol. The molecule has 1 atom stereocenters. The molecule has 112 valence electrons. The molecule has 3 aromatic rings. The van der Waals surface area contributed by atoms with Gasteiger partial charge in [-0.25, -0.2) is 0 Å². The van der Waals surface area contributed by atoms with Crippen molar-refractivity contribution in [1.29, 1.82) is 0 Å². The fourth-order valence-electron chi connectivity index (χ4n) is 3.06. The summed E-state index contributed by atoms with van der Waals surface area (Å²) in [7, 11) is 0. The molecule has 0 heterocycles. The first-order valence-electron chi connectivity index (χ1n) is 7.48. The second-order valence-electron chi connectivity index (χ2n) is 5.55. The number of para-hydroxylation sites is 1. The number of nitrogens with zero attached hydrogens (tertiary/aromatic N) is 1. The highest BCUT2D eigenvalue weighted by atomic mass is 16.3. The maximum atomic E-state index is 10.6. The summed E-state index contributed by atoms with van der Waals surface area (Å²) < 4.78 is 0. The molecule has 4 rings (SSSR count). The molecule has 0 saturated carbocycles. The molecule has 1 unspecified atom stereocenters. The minimum Gasteiger partial charge on any atom is -0.507 e. The number of hydrogen-bond acceptors (Lipinski definition) is 3. The monoisotopic (exact) mass is 301 g/mol. The van der Waals surface area contributed by atoms with E-state index >= 15 is 0 Å². The lowest BCUT2D eigenvalue weighted by Crippen LogP contribution is -1.94. The van der Waals surface area contributed by atoms with Crippen molar-refractivity contribution in [1.82, 2.24) is 0 Å². The van der Waals surface area contributed by atoms with Crippen LogP contribution >= 0.6 is 0 Å². The molecular formula is C20H15NO2. The van der Waals surface area contributed by atoms with Gasteiger partial charge in [0, 0.05) is 17.3 Å². The van der Waals surface area contributed by atoms with Crippen LogP contribution in [0.5, 0.6) is 5.75 Å². The number of phenolic OH excluding ortho intramolecular Hbond substituents is 1. The average Bonchev–Trinajstić information content (AvgIpc) is 2.88. The number of aliphatic imine (C=N–C) groups is 1. The lowest BCUT2D eigenvalue weighted by Gasteiger charge is -2.08. The van der Waals surface area contributed by atoms with Crippen LogP contribution in [0.1, 0.15) is 22.8 Å². The maximum absolute atomic E-state index is 10.6. The van der Waals surface area contributed by atoms with E-state index in [-0.39, 0.29) is 5.75 Å². The highest BCUT2D eigenvalue weighted by molar-refractivity contribution is 5.88. The molecule has 0 aromatic heterocycles. The van der Waals surface area contributed by atoms with Crippen LogP contribution in [0.2, 0.25) is 0 Å². The smallest absolute Gasteiger partial charge is 0.124 e. The van der Waals surface area contributed by atoms with Gasteiger partial charge in [0.1, 0.15) is 11.9 Å². The van der Waals surface area contributed by atoms with E-state index in [0.717, 1.165) is 27.9 Å². The second-order valence-corrected chi connectivity index (χ2v) is 5.55. The quantitative estimate of drug-likeness (QED) is 0.697. The van der Waals surface area contributed by atoms with E-state index in [1.165, 1.54) is 0 Å². The Morgan fingerprint density at radius 3 is 2.43 bits per heavy atom. The third kappa shape index (κ3) is 2.22. The topological polar surface area (TPSA) is 52.8 Å². The summed E-state index contributed by atoms with van der Waals surface area (Å²) in [6.07, 6.45) is 0.958. The van der Waals surface area contributed by atoms with Gasteiger partial charge >= 0.3 is 0 Å². The van der Waals surface area contributed by atoms with Crippen molar-refractivity contribution in [3.63, 3.8) is 0 Å². The number of benzene rings is 3. The standard InChI is InChI=1S/C20H15NO2/c22-18-11-4-1-6-13(18)12-21-17-10-5-9-15-14-7-2-3-8-16(14)20(23)19(15)17/h1-12,20,22-23H. The molecule has 1 aliphatic rings. The van der Waals surface area contributed by atoms with Crippen LogP contribution in [0.15, 0.2) is 71.7 Å². The van der Waals surface area contributed by atoms with Gasteiger partial charge < -0.3 is 10.2 Å². The Hall–Kier alpha value is -2.91. The van der Waals surface area contributed by atoms with Crippen LogP contribution in [-0.2, 0) is 0 Å². The third-order valence-corrected chi connectivity index (χ3v) is 4.18. The van der Waals surface area contributed by atoms with Gasteiger partial charge in [-0.05, 0) is 34.9 Å². The predicted octanol–water partition coefficient (Wildman–Crippen LogP) is 4.20. The molecule has 0 bridgehead atoms. The minimum absolute atomic E-state index is 0.188. The van der Waals surface area contributed by atoms with Crippen LogP contribution in [-0.4, -0.2) is 16.4 Å². The largest absolute Gasteiger partial charge is 0.507 e. The van der Waals surface area contributed by atoms with Crippen LogP contribution in [0.4, 0.5) is 5.69 Å². The first-order valence-corrected chi connectivity index (χ1v) is 7.48. The first kappa shape index (κ1) is 13.7. The Bertz CT molecular complexity index is 915. The zero-order valence-corrected chi connectivity index (χ0v) is 12.3. The lowest BCUT2D eigenvalue weighted by molar-refractivity contribution is 0.226. The molecular weight excluding hydrogens is 286 g/mol. The molecule has 3 heteroatoms. The Labute approximate surface area is 134 Å². The fraction of sp³-hybridized carbons (Fsp3) is 0.0500. The summed E-state index contributed by atoms with van der Waals surface area (Å²) in [5.41, 5.74) is 5.16. The van der Waals surface area contributed by atoms with Gasteiger partial charge in [-0.1, -0.05) is 48.5 Å². The normalized spacial score (nSPS) is 15.6. The number of phenols is 1. The summed E-state index contributed by atoms with van der Waals surface area (Å²) in [4.78, 5) is 4.50. The second kappa shape index (κ2) is 5.38. The maximum Gasteiger partial charge on any atom is 0.124 e. The zero-order valence-electron chi connectivity index (χ0n) is 12.3. The van der Waals surface area contributed by atoms with Crippen molar-refractivity contribution < 1.29 is 10.2 Å². The molecule has 0 aliphatic heterocycles. The average molecular weight is 301 g/mol. The SMILES string of the molecule is Oc1ccccc1C=Nc1cccc2c1C(O)c1ccccc1-2. The molecule has 0 radical (unpaired) electrons. The highest BCUT2D eigenvalue weighted by Crippen LogP contribution is 2.47. The Morgan fingerprint density at radius 1 is 0.826 bits per heavy atom. The van der Waals surface area contributed by atoms with Crippen LogP contribution in [0, 0.1) is 0 Å². The highest BCUT2D eigenvalue weighted by Gasteiger charge is 2.28. The van der Waals surface area contributed by atoms with Crippen molar-refractivity contribution in [3.8, 4) is 16.9 Å². The number of fused-ring (bicyclic) bond motifs is 3. The number of aliphatic hydroxyl groups excluding tert-OH is 1. The zero-order chi connectivity index (χ0) is 15.8. The number of aliphatic hydroxyl groups is 1. The van der Waals surface area contributed by atoms with Crippen molar-refractivity contribution in [2.75, 3.05) is 0 Å². The molecule has 0 fully saturated rings. The Kier molecular flexibility index (Phi) is 3.21. The van der Waals surface area contributed by atoms with Crippen molar-refractivity contribution in [2.45, 2.75) is 6.10 Å². The van der Waals surface area contributed by atoms with Gasteiger partial charge in [-0.3, -0.25) is 4.99 Å². The van der Waals surface area contributed by atoms with Gasteiger partial charge in [0.05, 0.1) is 5.69 Å². The Balaban J connectivity index is 1.80. The molecule has 0 amide bonds. The number of aromatic hydroxyl groups is 1. The van der Waals surface area contributed by atoms with Crippen molar-refractivity contribution >= 4 is 11.9 Å². The summed E-state index contributed by atoms with van der Waals surface area (Å²) in [6, 6.07) is 20.7. The fourth-order valence-corrected chi connectivity index (χ4v) is 3.06. The molecule has 3 nitrogen and oxygen atoms in total. The summed E-state index contributed by atoms with van der Waals surface area (Å²) in [5.74, 6) is 0.188. The van der Waals surface area contributed by atoms with E-state index in [1.54, 1.807) is 24.4 Å². The molecule has 1 aliphatic carbocycles. The summed E-state index contributed by atoms with van der Waals surface area (Å²) >= 11 is 0.